The molecule has 1 heterocycles. The third kappa shape index (κ3) is 6.48. The van der Waals surface area contributed by atoms with Gasteiger partial charge in [-0.3, -0.25) is 0 Å². The van der Waals surface area contributed by atoms with Crippen LogP contribution in [0.1, 0.15) is 22.3 Å². The maximum Gasteiger partial charge on any atom is 0.0755 e. The third-order valence-corrected chi connectivity index (χ3v) is 14.3. The molecule has 0 unspecified atom stereocenters. The molecule has 1 aliphatic carbocycles. The van der Waals surface area contributed by atoms with Gasteiger partial charge in [0.15, 0.2) is 0 Å². The van der Waals surface area contributed by atoms with Gasteiger partial charge in [-0.15, -0.1) is 0 Å². The van der Waals surface area contributed by atoms with Crippen LogP contribution in [0.4, 0.5) is 34.1 Å². The molecule has 11 aromatic rings. The fourth-order valence-corrected chi connectivity index (χ4v) is 11.3. The van der Waals surface area contributed by atoms with Crippen molar-refractivity contribution < 1.29 is 0 Å². The SMILES string of the molecule is c1ccc(-c2ccc(-c3ccccc3N(c3ccccc3-c3ccc(-c4ccccc4)cc3)c3cccc4c3-c3ccccc3C43c4ccccc4N(c4ccccc4)c4ccccc43)cc2)cc1. The van der Waals surface area contributed by atoms with Crippen molar-refractivity contribution in [3.05, 3.63) is 301 Å². The van der Waals surface area contributed by atoms with E-state index in [-0.39, 0.29) is 0 Å². The van der Waals surface area contributed by atoms with Gasteiger partial charge in [-0.2, -0.15) is 0 Å². The number of hydrogen-bond acceptors (Lipinski definition) is 2. The molecule has 69 heavy (non-hydrogen) atoms. The number of hydrogen-bond donors (Lipinski definition) is 0. The smallest absolute Gasteiger partial charge is 0.0755 e. The molecule has 0 saturated carbocycles. The van der Waals surface area contributed by atoms with Crippen LogP contribution in [0.2, 0.25) is 0 Å². The number of para-hydroxylation sites is 5. The Morgan fingerprint density at radius 2 is 0.609 bits per heavy atom. The molecular formula is C67H46N2. The Hall–Kier alpha value is -8.98. The summed E-state index contributed by atoms with van der Waals surface area (Å²) in [6, 6.07) is 102. The van der Waals surface area contributed by atoms with E-state index in [0.29, 0.717) is 0 Å². The monoisotopic (exact) mass is 878 g/mol. The molecule has 324 valence electrons. The van der Waals surface area contributed by atoms with Crippen LogP contribution in [0.15, 0.2) is 279 Å². The lowest BCUT2D eigenvalue weighted by Crippen LogP contribution is -2.36. The summed E-state index contributed by atoms with van der Waals surface area (Å²) in [5, 5.41) is 0. The summed E-state index contributed by atoms with van der Waals surface area (Å²) in [5.41, 5.74) is 23.2. The molecule has 0 saturated heterocycles. The van der Waals surface area contributed by atoms with Crippen LogP contribution < -0.4 is 9.80 Å². The minimum atomic E-state index is -0.606. The maximum atomic E-state index is 2.55. The lowest BCUT2D eigenvalue weighted by atomic mass is 9.64. The second kappa shape index (κ2) is 16.7. The van der Waals surface area contributed by atoms with Gasteiger partial charge < -0.3 is 9.80 Å². The minimum absolute atomic E-state index is 0.606. The maximum absolute atomic E-state index is 2.55. The zero-order chi connectivity index (χ0) is 45.7. The Bertz CT molecular complexity index is 3480. The van der Waals surface area contributed by atoms with E-state index in [4.69, 9.17) is 0 Å². The average molecular weight is 879 g/mol. The third-order valence-electron chi connectivity index (χ3n) is 14.3. The van der Waals surface area contributed by atoms with Crippen LogP contribution in [-0.2, 0) is 5.41 Å². The normalized spacial score (nSPS) is 12.7. The summed E-state index contributed by atoms with van der Waals surface area (Å²) >= 11 is 0. The molecule has 2 nitrogen and oxygen atoms in total. The molecule has 1 aliphatic heterocycles. The molecule has 0 amide bonds. The van der Waals surface area contributed by atoms with E-state index in [1.807, 2.05) is 0 Å². The van der Waals surface area contributed by atoms with Gasteiger partial charge in [0.1, 0.15) is 0 Å². The molecule has 11 aromatic carbocycles. The molecule has 2 heteroatoms. The van der Waals surface area contributed by atoms with Gasteiger partial charge in [0.05, 0.1) is 33.9 Å². The van der Waals surface area contributed by atoms with Crippen molar-refractivity contribution in [2.75, 3.05) is 9.80 Å². The van der Waals surface area contributed by atoms with Gasteiger partial charge in [0.2, 0.25) is 0 Å². The van der Waals surface area contributed by atoms with E-state index in [1.165, 1.54) is 67.0 Å². The van der Waals surface area contributed by atoms with Crippen LogP contribution in [-0.4, -0.2) is 0 Å². The van der Waals surface area contributed by atoms with Gasteiger partial charge >= 0.3 is 0 Å². The highest BCUT2D eigenvalue weighted by Gasteiger charge is 2.52. The minimum Gasteiger partial charge on any atom is -0.310 e. The summed E-state index contributed by atoms with van der Waals surface area (Å²) in [5.74, 6) is 0. The first kappa shape index (κ1) is 40.3. The van der Waals surface area contributed by atoms with Gasteiger partial charge in [-0.05, 0) is 104 Å². The molecule has 0 bridgehead atoms. The van der Waals surface area contributed by atoms with Gasteiger partial charge in [-0.1, -0.05) is 237 Å². The summed E-state index contributed by atoms with van der Waals surface area (Å²) in [7, 11) is 0. The van der Waals surface area contributed by atoms with Crippen LogP contribution in [0.25, 0.3) is 55.6 Å². The van der Waals surface area contributed by atoms with Crippen LogP contribution in [0.5, 0.6) is 0 Å². The molecule has 0 radical (unpaired) electrons. The van der Waals surface area contributed by atoms with Crippen molar-refractivity contribution in [3.8, 4) is 55.6 Å². The number of nitrogens with zero attached hydrogens (tertiary/aromatic N) is 2. The Morgan fingerprint density at radius 1 is 0.246 bits per heavy atom. The zero-order valence-corrected chi connectivity index (χ0v) is 38.0. The zero-order valence-electron chi connectivity index (χ0n) is 38.0. The first-order valence-electron chi connectivity index (χ1n) is 23.8. The van der Waals surface area contributed by atoms with Gasteiger partial charge in [0, 0.05) is 22.4 Å². The summed E-state index contributed by atoms with van der Waals surface area (Å²) in [4.78, 5) is 5.00. The molecule has 0 N–H and O–H groups in total. The Labute approximate surface area is 404 Å². The fourth-order valence-electron chi connectivity index (χ4n) is 11.3. The van der Waals surface area contributed by atoms with Crippen LogP contribution >= 0.6 is 0 Å². The van der Waals surface area contributed by atoms with E-state index < -0.39 is 5.41 Å². The second-order valence-electron chi connectivity index (χ2n) is 18.0. The summed E-state index contributed by atoms with van der Waals surface area (Å²) in [6.45, 7) is 0. The molecular weight excluding hydrogens is 833 g/mol. The molecule has 0 fully saturated rings. The molecule has 2 aliphatic rings. The molecule has 0 aromatic heterocycles. The Morgan fingerprint density at radius 3 is 1.13 bits per heavy atom. The standard InChI is InChI=1S/C67H46N2/c1-4-21-47(22-5-1)49-39-43-51(44-40-49)54-27-11-16-34-61(54)69(62-35-17-12-28-55(62)52-45-41-50(42-46-52)48-23-6-2-7-24-48)65-38-20-33-60-66(65)56-29-10-13-30-57(56)67(60)58-31-14-18-36-63(58)68(53-25-8-3-9-26-53)64-37-19-15-32-59(64)67/h1-46H. The predicted octanol–water partition coefficient (Wildman–Crippen LogP) is 18.0. The van der Waals surface area contributed by atoms with Crippen LogP contribution in [0.3, 0.4) is 0 Å². The topological polar surface area (TPSA) is 6.48 Å². The van der Waals surface area contributed by atoms with Crippen molar-refractivity contribution in [2.24, 2.45) is 0 Å². The van der Waals surface area contributed by atoms with Crippen molar-refractivity contribution >= 4 is 34.1 Å². The second-order valence-corrected chi connectivity index (χ2v) is 18.0. The molecule has 13 rings (SSSR count). The number of benzene rings is 11. The van der Waals surface area contributed by atoms with E-state index in [2.05, 4.69) is 289 Å². The number of anilines is 6. The van der Waals surface area contributed by atoms with E-state index >= 15 is 0 Å². The highest BCUT2D eigenvalue weighted by Crippen LogP contribution is 2.65. The van der Waals surface area contributed by atoms with Crippen molar-refractivity contribution in [1.29, 1.82) is 0 Å². The van der Waals surface area contributed by atoms with Gasteiger partial charge in [-0.25, -0.2) is 0 Å². The van der Waals surface area contributed by atoms with Crippen molar-refractivity contribution in [2.45, 2.75) is 5.41 Å². The van der Waals surface area contributed by atoms with E-state index in [9.17, 15) is 0 Å². The quantitative estimate of drug-likeness (QED) is 0.150. The number of fused-ring (bicyclic) bond motifs is 9. The summed E-state index contributed by atoms with van der Waals surface area (Å²) in [6.07, 6.45) is 0. The van der Waals surface area contributed by atoms with Crippen LogP contribution in [0, 0.1) is 0 Å². The highest BCUT2D eigenvalue weighted by molar-refractivity contribution is 6.04. The Kier molecular flexibility index (Phi) is 9.77. The molecule has 0 atom stereocenters. The van der Waals surface area contributed by atoms with Gasteiger partial charge in [0.25, 0.3) is 0 Å². The Balaban J connectivity index is 1.07. The molecule has 1 spiro atoms. The first-order chi connectivity index (χ1) is 34.3. The highest BCUT2D eigenvalue weighted by atomic mass is 15.2. The summed E-state index contributed by atoms with van der Waals surface area (Å²) < 4.78 is 0. The average Bonchev–Trinajstić information content (AvgIpc) is 3.73. The van der Waals surface area contributed by atoms with E-state index in [1.54, 1.807) is 0 Å². The largest absolute Gasteiger partial charge is 0.310 e. The van der Waals surface area contributed by atoms with Crippen molar-refractivity contribution in [1.82, 2.24) is 0 Å². The fraction of sp³-hybridized carbons (Fsp3) is 0.0149. The number of rotatable bonds is 8. The lowest BCUT2D eigenvalue weighted by molar-refractivity contribution is 0.752. The van der Waals surface area contributed by atoms with Crippen molar-refractivity contribution in [3.63, 3.8) is 0 Å². The first-order valence-corrected chi connectivity index (χ1v) is 23.8. The predicted molar refractivity (Wildman–Crippen MR) is 288 cm³/mol. The van der Waals surface area contributed by atoms with E-state index in [0.717, 1.165) is 45.0 Å². The lowest BCUT2D eigenvalue weighted by Gasteiger charge is -2.45.